The summed E-state index contributed by atoms with van der Waals surface area (Å²) in [4.78, 5) is 35.0. The van der Waals surface area contributed by atoms with Crippen molar-refractivity contribution in [1.82, 2.24) is 14.8 Å². The predicted molar refractivity (Wildman–Crippen MR) is 136 cm³/mol. The van der Waals surface area contributed by atoms with E-state index in [-0.39, 0.29) is 11.8 Å². The van der Waals surface area contributed by atoms with E-state index in [0.717, 1.165) is 29.7 Å². The highest BCUT2D eigenvalue weighted by Crippen LogP contribution is 2.35. The second-order valence-electron chi connectivity index (χ2n) is 9.37. The van der Waals surface area contributed by atoms with Gasteiger partial charge in [-0.2, -0.15) is 0 Å². The largest absolute Gasteiger partial charge is 0.489 e. The van der Waals surface area contributed by atoms with Gasteiger partial charge in [0.1, 0.15) is 29.8 Å². The molecule has 0 aliphatic carbocycles. The molecule has 0 unspecified atom stereocenters. The summed E-state index contributed by atoms with van der Waals surface area (Å²) in [7, 11) is 0. The van der Waals surface area contributed by atoms with Gasteiger partial charge in [-0.05, 0) is 55.7 Å². The van der Waals surface area contributed by atoms with Crippen molar-refractivity contribution in [3.05, 3.63) is 95.8 Å². The van der Waals surface area contributed by atoms with Crippen molar-refractivity contribution in [1.29, 1.82) is 0 Å². The predicted octanol–water partition coefficient (Wildman–Crippen LogP) is 5.09. The fourth-order valence-electron chi connectivity index (χ4n) is 4.64. The highest BCUT2D eigenvalue weighted by molar-refractivity contribution is 5.99. The van der Waals surface area contributed by atoms with Gasteiger partial charge in [-0.25, -0.2) is 0 Å². The van der Waals surface area contributed by atoms with Gasteiger partial charge in [0.05, 0.1) is 0 Å². The van der Waals surface area contributed by atoms with Crippen LogP contribution < -0.4 is 4.74 Å². The number of rotatable bonds is 9. The Hall–Kier alpha value is -3.67. The van der Waals surface area contributed by atoms with Crippen molar-refractivity contribution < 1.29 is 14.3 Å². The van der Waals surface area contributed by atoms with E-state index in [1.165, 1.54) is 0 Å². The number of aromatic nitrogens is 1. The molecule has 6 heteroatoms. The average molecular weight is 472 g/mol. The molecule has 0 saturated carbocycles. The molecule has 1 atom stereocenters. The van der Waals surface area contributed by atoms with E-state index in [0.29, 0.717) is 25.3 Å². The molecule has 3 aromatic rings. The SMILES string of the molecule is CCCCN1C(=O)[C@@H](Cc2ccc(OCc3ccccc3)cc2)N(C(=O)c2ccccn2)C1(C)C. The lowest BCUT2D eigenvalue weighted by Gasteiger charge is -2.38. The van der Waals surface area contributed by atoms with Crippen LogP contribution in [0.1, 0.15) is 55.2 Å². The summed E-state index contributed by atoms with van der Waals surface area (Å²) < 4.78 is 5.90. The van der Waals surface area contributed by atoms with Gasteiger partial charge >= 0.3 is 0 Å². The molecule has 0 spiro atoms. The normalized spacial score (nSPS) is 17.0. The zero-order chi connectivity index (χ0) is 24.8. The van der Waals surface area contributed by atoms with Gasteiger partial charge in [0.15, 0.2) is 0 Å². The molecule has 0 radical (unpaired) electrons. The van der Waals surface area contributed by atoms with Crippen LogP contribution in [0.4, 0.5) is 0 Å². The average Bonchev–Trinajstić information content (AvgIpc) is 3.07. The number of unbranched alkanes of at least 4 members (excludes halogenated alkanes) is 1. The molecule has 1 aliphatic heterocycles. The van der Waals surface area contributed by atoms with E-state index in [1.54, 1.807) is 29.3 Å². The third kappa shape index (κ3) is 5.37. The number of benzene rings is 2. The number of ether oxygens (including phenoxy) is 1. The first-order chi connectivity index (χ1) is 16.9. The fourth-order valence-corrected chi connectivity index (χ4v) is 4.64. The van der Waals surface area contributed by atoms with E-state index in [9.17, 15) is 9.59 Å². The van der Waals surface area contributed by atoms with E-state index in [1.807, 2.05) is 73.3 Å². The van der Waals surface area contributed by atoms with Gasteiger partial charge in [0, 0.05) is 19.2 Å². The quantitative estimate of drug-likeness (QED) is 0.436. The summed E-state index contributed by atoms with van der Waals surface area (Å²) in [6.45, 7) is 7.11. The van der Waals surface area contributed by atoms with Crippen molar-refractivity contribution >= 4 is 11.8 Å². The first-order valence-electron chi connectivity index (χ1n) is 12.2. The Morgan fingerprint density at radius 1 is 0.971 bits per heavy atom. The maximum absolute atomic E-state index is 13.6. The highest BCUT2D eigenvalue weighted by Gasteiger charge is 2.53. The molecule has 0 bridgehead atoms. The van der Waals surface area contributed by atoms with E-state index < -0.39 is 11.7 Å². The lowest BCUT2D eigenvalue weighted by atomic mass is 10.0. The number of hydrogen-bond acceptors (Lipinski definition) is 4. The van der Waals surface area contributed by atoms with E-state index in [4.69, 9.17) is 4.74 Å². The van der Waals surface area contributed by atoms with Crippen LogP contribution in [0.5, 0.6) is 5.75 Å². The number of carbonyl (C=O) groups excluding carboxylic acids is 2. The summed E-state index contributed by atoms with van der Waals surface area (Å²) in [5, 5.41) is 0. The minimum atomic E-state index is -0.746. The van der Waals surface area contributed by atoms with Crippen LogP contribution in [-0.2, 0) is 17.8 Å². The molecule has 35 heavy (non-hydrogen) atoms. The van der Waals surface area contributed by atoms with Crippen LogP contribution in [-0.4, -0.2) is 44.8 Å². The third-order valence-corrected chi connectivity index (χ3v) is 6.55. The van der Waals surface area contributed by atoms with Crippen molar-refractivity contribution in [3.8, 4) is 5.75 Å². The molecule has 2 amide bonds. The second-order valence-corrected chi connectivity index (χ2v) is 9.37. The van der Waals surface area contributed by atoms with Crippen molar-refractivity contribution in [2.24, 2.45) is 0 Å². The summed E-state index contributed by atoms with van der Waals surface area (Å²) in [5.74, 6) is 0.523. The van der Waals surface area contributed by atoms with Gasteiger partial charge in [0.2, 0.25) is 5.91 Å². The van der Waals surface area contributed by atoms with Gasteiger partial charge in [-0.1, -0.05) is 61.9 Å². The minimum absolute atomic E-state index is 0.0165. The number of pyridine rings is 1. The summed E-state index contributed by atoms with van der Waals surface area (Å²) >= 11 is 0. The molecule has 1 aliphatic rings. The van der Waals surface area contributed by atoms with Crippen LogP contribution in [0, 0.1) is 0 Å². The summed E-state index contributed by atoms with van der Waals surface area (Å²) in [5.41, 5.74) is 1.68. The summed E-state index contributed by atoms with van der Waals surface area (Å²) in [6.07, 6.45) is 3.91. The Labute approximate surface area is 207 Å². The molecule has 6 nitrogen and oxygen atoms in total. The Morgan fingerprint density at radius 2 is 1.69 bits per heavy atom. The second kappa shape index (κ2) is 10.7. The van der Waals surface area contributed by atoms with Crippen LogP contribution in [0.3, 0.4) is 0 Å². The lowest BCUT2D eigenvalue weighted by Crippen LogP contribution is -2.53. The molecule has 4 rings (SSSR count). The minimum Gasteiger partial charge on any atom is -0.489 e. The van der Waals surface area contributed by atoms with Crippen LogP contribution in [0.2, 0.25) is 0 Å². The molecule has 1 aromatic heterocycles. The van der Waals surface area contributed by atoms with Gasteiger partial charge in [0.25, 0.3) is 5.91 Å². The molecule has 1 fully saturated rings. The van der Waals surface area contributed by atoms with Crippen LogP contribution in [0.25, 0.3) is 0 Å². The highest BCUT2D eigenvalue weighted by atomic mass is 16.5. The van der Waals surface area contributed by atoms with E-state index in [2.05, 4.69) is 11.9 Å². The summed E-state index contributed by atoms with van der Waals surface area (Å²) in [6, 6.07) is 22.5. The van der Waals surface area contributed by atoms with Crippen LogP contribution >= 0.6 is 0 Å². The van der Waals surface area contributed by atoms with E-state index >= 15 is 0 Å². The number of carbonyl (C=O) groups is 2. The van der Waals surface area contributed by atoms with Gasteiger partial charge < -0.3 is 14.5 Å². The molecule has 1 saturated heterocycles. The maximum atomic E-state index is 13.6. The lowest BCUT2D eigenvalue weighted by molar-refractivity contribution is -0.131. The molecule has 2 aromatic carbocycles. The van der Waals surface area contributed by atoms with Gasteiger partial charge in [-0.15, -0.1) is 0 Å². The zero-order valence-corrected chi connectivity index (χ0v) is 20.7. The number of hydrogen-bond donors (Lipinski definition) is 0. The number of amides is 2. The molecule has 0 N–H and O–H groups in total. The van der Waals surface area contributed by atoms with Crippen molar-refractivity contribution in [2.45, 2.75) is 58.3 Å². The van der Waals surface area contributed by atoms with Crippen LogP contribution in [0.15, 0.2) is 79.0 Å². The zero-order valence-electron chi connectivity index (χ0n) is 20.7. The monoisotopic (exact) mass is 471 g/mol. The standard InChI is InChI=1S/C29H33N3O3/c1-4-5-19-31-28(34)26(32(29(31,2)3)27(33)25-13-9-10-18-30-25)20-22-14-16-24(17-15-22)35-21-23-11-7-6-8-12-23/h6-18,26H,4-5,19-21H2,1-3H3/t26-/m1/s1. The fraction of sp³-hybridized carbons (Fsp3) is 0.345. The van der Waals surface area contributed by atoms with Crippen molar-refractivity contribution in [2.75, 3.05) is 6.54 Å². The topological polar surface area (TPSA) is 62.7 Å². The number of nitrogens with zero attached hydrogens (tertiary/aromatic N) is 3. The first-order valence-corrected chi connectivity index (χ1v) is 12.2. The Morgan fingerprint density at radius 3 is 2.34 bits per heavy atom. The molecule has 2 heterocycles. The Bertz CT molecular complexity index is 1130. The first kappa shape index (κ1) is 24.5. The third-order valence-electron chi connectivity index (χ3n) is 6.55. The van der Waals surface area contributed by atoms with Gasteiger partial charge in [-0.3, -0.25) is 14.6 Å². The molecular weight excluding hydrogens is 438 g/mol. The Kier molecular flexibility index (Phi) is 7.49. The molecule has 182 valence electrons. The van der Waals surface area contributed by atoms with Crippen molar-refractivity contribution in [3.63, 3.8) is 0 Å². The maximum Gasteiger partial charge on any atom is 0.274 e. The smallest absolute Gasteiger partial charge is 0.274 e. The molecular formula is C29H33N3O3. The Balaban J connectivity index is 1.54.